The Hall–Kier alpha value is -1.16. The molecule has 17 heavy (non-hydrogen) atoms. The first kappa shape index (κ1) is 15.8. The van der Waals surface area contributed by atoms with Gasteiger partial charge in [-0.2, -0.15) is 0 Å². The van der Waals surface area contributed by atoms with Crippen molar-refractivity contribution in [3.63, 3.8) is 0 Å². The molecular weight excluding hydrogens is 257 g/mol. The van der Waals surface area contributed by atoms with Gasteiger partial charge in [-0.15, -0.1) is 0 Å². The van der Waals surface area contributed by atoms with Crippen molar-refractivity contribution in [2.24, 2.45) is 0 Å². The molecular formula is C13H13Cl2NO. The van der Waals surface area contributed by atoms with Gasteiger partial charge in [0.05, 0.1) is 0 Å². The standard InChI is InChI=1S/C13H12ClNO.ClH/c14-13-7-5-12(6-8-13)4-3-10-15-9-1-2-11-16;/h5-8,15-16H,9-11H2;1H. The maximum Gasteiger partial charge on any atom is 0.138 e. The molecule has 0 saturated heterocycles. The lowest BCUT2D eigenvalue weighted by atomic mass is 10.2. The van der Waals surface area contributed by atoms with Crippen molar-refractivity contribution in [2.45, 2.75) is 0 Å². The third-order valence-corrected chi connectivity index (χ3v) is 2.03. The highest BCUT2D eigenvalue weighted by molar-refractivity contribution is 6.30. The third kappa shape index (κ3) is 7.69. The lowest BCUT2D eigenvalue weighted by Crippen LogP contribution is -3.00. The fourth-order valence-corrected chi connectivity index (χ4v) is 1.16. The van der Waals surface area contributed by atoms with Crippen LogP contribution in [-0.4, -0.2) is 24.8 Å². The van der Waals surface area contributed by atoms with Crippen LogP contribution in [0.5, 0.6) is 0 Å². The molecule has 0 fully saturated rings. The third-order valence-electron chi connectivity index (χ3n) is 1.77. The molecule has 0 spiro atoms. The first-order valence-electron chi connectivity index (χ1n) is 4.95. The van der Waals surface area contributed by atoms with Crippen molar-refractivity contribution >= 4 is 11.6 Å². The van der Waals surface area contributed by atoms with Crippen molar-refractivity contribution < 1.29 is 22.8 Å². The Labute approximate surface area is 113 Å². The van der Waals surface area contributed by atoms with Crippen LogP contribution in [0.15, 0.2) is 24.3 Å². The highest BCUT2D eigenvalue weighted by atomic mass is 35.5. The second-order valence-electron chi connectivity index (χ2n) is 3.02. The van der Waals surface area contributed by atoms with Gasteiger partial charge in [-0.1, -0.05) is 23.4 Å². The van der Waals surface area contributed by atoms with Gasteiger partial charge in [0.1, 0.15) is 19.7 Å². The van der Waals surface area contributed by atoms with Crippen molar-refractivity contribution in [1.82, 2.24) is 0 Å². The fourth-order valence-electron chi connectivity index (χ4n) is 1.03. The monoisotopic (exact) mass is 269 g/mol. The Bertz CT molecular complexity index is 434. The van der Waals surface area contributed by atoms with E-state index in [1.165, 1.54) is 0 Å². The van der Waals surface area contributed by atoms with Crippen LogP contribution in [0.3, 0.4) is 0 Å². The molecule has 0 atom stereocenters. The fraction of sp³-hybridized carbons (Fsp3) is 0.231. The van der Waals surface area contributed by atoms with E-state index in [-0.39, 0.29) is 19.0 Å². The van der Waals surface area contributed by atoms with Crippen LogP contribution in [0.25, 0.3) is 0 Å². The summed E-state index contributed by atoms with van der Waals surface area (Å²) < 4.78 is 0. The highest BCUT2D eigenvalue weighted by Gasteiger charge is 1.87. The average Bonchev–Trinajstić information content (AvgIpc) is 2.30. The number of quaternary nitrogens is 1. The number of nitrogens with two attached hydrogens (primary N) is 1. The lowest BCUT2D eigenvalue weighted by molar-refractivity contribution is -0.632. The minimum atomic E-state index is -0.0791. The number of hydrogen-bond acceptors (Lipinski definition) is 1. The largest absolute Gasteiger partial charge is 1.00 e. The summed E-state index contributed by atoms with van der Waals surface area (Å²) in [5, 5.41) is 11.1. The van der Waals surface area contributed by atoms with Crippen LogP contribution in [0.1, 0.15) is 5.56 Å². The van der Waals surface area contributed by atoms with Gasteiger partial charge in [0.15, 0.2) is 0 Å². The zero-order valence-electron chi connectivity index (χ0n) is 9.21. The minimum Gasteiger partial charge on any atom is -1.00 e. The van der Waals surface area contributed by atoms with E-state index in [0.29, 0.717) is 13.1 Å². The van der Waals surface area contributed by atoms with Gasteiger partial charge in [0.2, 0.25) is 0 Å². The average molecular weight is 270 g/mol. The molecule has 0 aliphatic rings. The number of rotatable bonds is 2. The van der Waals surface area contributed by atoms with E-state index >= 15 is 0 Å². The topological polar surface area (TPSA) is 36.8 Å². The molecule has 0 unspecified atom stereocenters. The molecule has 0 saturated carbocycles. The quantitative estimate of drug-likeness (QED) is 0.444. The molecule has 90 valence electrons. The summed E-state index contributed by atoms with van der Waals surface area (Å²) >= 11 is 5.75. The molecule has 2 nitrogen and oxygen atoms in total. The van der Waals surface area contributed by atoms with E-state index < -0.39 is 0 Å². The molecule has 0 heterocycles. The first-order chi connectivity index (χ1) is 7.83. The molecule has 0 amide bonds. The number of benzene rings is 1. The van der Waals surface area contributed by atoms with Crippen LogP contribution < -0.4 is 17.7 Å². The highest BCUT2D eigenvalue weighted by Crippen LogP contribution is 2.07. The Kier molecular flexibility index (Phi) is 9.34. The second kappa shape index (κ2) is 10.0. The summed E-state index contributed by atoms with van der Waals surface area (Å²) in [6.07, 6.45) is 0. The minimum absolute atomic E-state index is 0. The molecule has 1 aromatic rings. The molecule has 1 rings (SSSR count). The predicted molar refractivity (Wildman–Crippen MR) is 64.9 cm³/mol. The molecule has 0 aliphatic carbocycles. The lowest BCUT2D eigenvalue weighted by Gasteiger charge is -1.90. The van der Waals surface area contributed by atoms with E-state index in [1.807, 2.05) is 29.6 Å². The van der Waals surface area contributed by atoms with Crippen molar-refractivity contribution in [3.05, 3.63) is 34.9 Å². The maximum atomic E-state index is 8.41. The summed E-state index contributed by atoms with van der Waals surface area (Å²) in [6.45, 7) is 1.28. The molecule has 0 radical (unpaired) electrons. The summed E-state index contributed by atoms with van der Waals surface area (Å²) in [5.74, 6) is 11.4. The SMILES string of the molecule is OCC#CC[NH2+]CC#Cc1ccc(Cl)cc1.[Cl-]. The Morgan fingerprint density at radius 2 is 1.71 bits per heavy atom. The van der Waals surface area contributed by atoms with Gasteiger partial charge in [-0.25, -0.2) is 0 Å². The predicted octanol–water partition coefficient (Wildman–Crippen LogP) is -2.75. The number of halogens is 2. The van der Waals surface area contributed by atoms with Gasteiger partial charge in [0.25, 0.3) is 0 Å². The van der Waals surface area contributed by atoms with Crippen molar-refractivity contribution in [3.8, 4) is 23.7 Å². The summed E-state index contributed by atoms with van der Waals surface area (Å²) in [5.41, 5.74) is 0.958. The van der Waals surface area contributed by atoms with Crippen LogP contribution in [0, 0.1) is 23.7 Å². The summed E-state index contributed by atoms with van der Waals surface area (Å²) in [7, 11) is 0. The van der Waals surface area contributed by atoms with Crippen LogP contribution in [0.4, 0.5) is 0 Å². The van der Waals surface area contributed by atoms with Crippen molar-refractivity contribution in [1.29, 1.82) is 0 Å². The Morgan fingerprint density at radius 3 is 2.35 bits per heavy atom. The van der Waals surface area contributed by atoms with E-state index in [1.54, 1.807) is 0 Å². The van der Waals surface area contributed by atoms with E-state index in [2.05, 4.69) is 23.7 Å². The van der Waals surface area contributed by atoms with E-state index in [0.717, 1.165) is 10.6 Å². The normalized spacial score (nSPS) is 8.12. The summed E-state index contributed by atoms with van der Waals surface area (Å²) in [6, 6.07) is 7.42. The second-order valence-corrected chi connectivity index (χ2v) is 3.45. The molecule has 0 aromatic heterocycles. The number of hydrogen-bond donors (Lipinski definition) is 2. The molecule has 0 bridgehead atoms. The van der Waals surface area contributed by atoms with Gasteiger partial charge in [0, 0.05) is 10.6 Å². The van der Waals surface area contributed by atoms with Crippen LogP contribution in [0.2, 0.25) is 5.02 Å². The van der Waals surface area contributed by atoms with Gasteiger partial charge < -0.3 is 22.8 Å². The molecule has 1 aromatic carbocycles. The van der Waals surface area contributed by atoms with Crippen LogP contribution >= 0.6 is 11.6 Å². The Morgan fingerprint density at radius 1 is 1.06 bits per heavy atom. The van der Waals surface area contributed by atoms with Gasteiger partial charge in [-0.05, 0) is 36.1 Å². The smallest absolute Gasteiger partial charge is 0.138 e. The van der Waals surface area contributed by atoms with Crippen molar-refractivity contribution in [2.75, 3.05) is 19.7 Å². The molecule has 0 aliphatic heterocycles. The first-order valence-corrected chi connectivity index (χ1v) is 5.33. The van der Waals surface area contributed by atoms with Gasteiger partial charge in [-0.3, -0.25) is 0 Å². The number of aliphatic hydroxyl groups is 1. The zero-order chi connectivity index (χ0) is 11.6. The van der Waals surface area contributed by atoms with E-state index in [4.69, 9.17) is 16.7 Å². The summed E-state index contributed by atoms with van der Waals surface area (Å²) in [4.78, 5) is 0. The zero-order valence-corrected chi connectivity index (χ0v) is 10.7. The van der Waals surface area contributed by atoms with Gasteiger partial charge >= 0.3 is 0 Å². The maximum absolute atomic E-state index is 8.41. The van der Waals surface area contributed by atoms with E-state index in [9.17, 15) is 0 Å². The van der Waals surface area contributed by atoms with Crippen LogP contribution in [-0.2, 0) is 0 Å². The molecule has 4 heteroatoms. The molecule has 3 N–H and O–H groups in total. The Balaban J connectivity index is 0.00000256. The number of aliphatic hydroxyl groups excluding tert-OH is 1.